The highest BCUT2D eigenvalue weighted by molar-refractivity contribution is 7.88. The van der Waals surface area contributed by atoms with Gasteiger partial charge in [0.25, 0.3) is 0 Å². The second-order valence-electron chi connectivity index (χ2n) is 4.81. The predicted molar refractivity (Wildman–Crippen MR) is 77.8 cm³/mol. The first-order valence-corrected chi connectivity index (χ1v) is 9.46. The molecule has 1 aliphatic rings. The summed E-state index contributed by atoms with van der Waals surface area (Å²) in [6.45, 7) is 0. The smallest absolute Gasteiger partial charge is 0.216 e. The fourth-order valence-corrected chi connectivity index (χ4v) is 4.86. The van der Waals surface area contributed by atoms with E-state index in [-0.39, 0.29) is 11.8 Å². The van der Waals surface area contributed by atoms with Crippen molar-refractivity contribution in [2.75, 3.05) is 11.5 Å². The van der Waals surface area contributed by atoms with Gasteiger partial charge < -0.3 is 0 Å². The van der Waals surface area contributed by atoms with Crippen molar-refractivity contribution in [2.45, 2.75) is 24.6 Å². The van der Waals surface area contributed by atoms with Gasteiger partial charge >= 0.3 is 0 Å². The fourth-order valence-electron chi connectivity index (χ4n) is 2.10. The molecule has 108 valence electrons. The highest BCUT2D eigenvalue weighted by atomic mass is 32.2. The first kappa shape index (κ1) is 15.2. The summed E-state index contributed by atoms with van der Waals surface area (Å²) in [6.07, 6.45) is 1.25. The van der Waals surface area contributed by atoms with Gasteiger partial charge in [0, 0.05) is 28.3 Å². The van der Waals surface area contributed by atoms with Gasteiger partial charge in [-0.2, -0.15) is 5.26 Å². The molecule has 1 aromatic carbocycles. The van der Waals surface area contributed by atoms with Crippen LogP contribution in [0.15, 0.2) is 24.3 Å². The molecule has 20 heavy (non-hydrogen) atoms. The summed E-state index contributed by atoms with van der Waals surface area (Å²) in [5, 5.41) is 8.69. The Kier molecular flexibility index (Phi) is 4.91. The molecule has 0 aliphatic carbocycles. The number of benzene rings is 1. The molecular weight excluding hydrogens is 296 g/mol. The molecule has 1 heterocycles. The van der Waals surface area contributed by atoms with Gasteiger partial charge in [-0.3, -0.25) is 4.21 Å². The van der Waals surface area contributed by atoms with Crippen LogP contribution >= 0.6 is 0 Å². The Morgan fingerprint density at radius 1 is 1.25 bits per heavy atom. The van der Waals surface area contributed by atoms with Crippen molar-refractivity contribution in [1.82, 2.24) is 4.72 Å². The summed E-state index contributed by atoms with van der Waals surface area (Å²) in [6, 6.07) is 8.38. The van der Waals surface area contributed by atoms with Crippen LogP contribution in [0, 0.1) is 11.3 Å². The third-order valence-corrected chi connectivity index (χ3v) is 5.96. The first-order chi connectivity index (χ1) is 9.48. The number of nitriles is 1. The zero-order chi connectivity index (χ0) is 14.6. The van der Waals surface area contributed by atoms with Gasteiger partial charge in [-0.15, -0.1) is 0 Å². The number of hydrogen-bond acceptors (Lipinski definition) is 4. The van der Waals surface area contributed by atoms with Crippen molar-refractivity contribution >= 4 is 20.8 Å². The van der Waals surface area contributed by atoms with Gasteiger partial charge in [-0.25, -0.2) is 13.1 Å². The van der Waals surface area contributed by atoms with Crippen molar-refractivity contribution in [3.8, 4) is 6.07 Å². The van der Waals surface area contributed by atoms with E-state index >= 15 is 0 Å². The monoisotopic (exact) mass is 312 g/mol. The van der Waals surface area contributed by atoms with E-state index in [1.165, 1.54) is 0 Å². The number of nitrogens with one attached hydrogen (secondary N) is 1. The first-order valence-electron chi connectivity index (χ1n) is 6.32. The Balaban J connectivity index is 1.96. The van der Waals surface area contributed by atoms with Crippen molar-refractivity contribution in [2.24, 2.45) is 0 Å². The van der Waals surface area contributed by atoms with Crippen LogP contribution in [-0.2, 0) is 26.6 Å². The summed E-state index contributed by atoms with van der Waals surface area (Å²) in [5.74, 6) is 1.02. The topological polar surface area (TPSA) is 87.0 Å². The van der Waals surface area contributed by atoms with Gasteiger partial charge in [0.1, 0.15) is 0 Å². The zero-order valence-corrected chi connectivity index (χ0v) is 12.5. The normalized spacial score (nSPS) is 23.1. The van der Waals surface area contributed by atoms with E-state index in [0.29, 0.717) is 35.5 Å². The van der Waals surface area contributed by atoms with Crippen LogP contribution < -0.4 is 4.72 Å². The lowest BCUT2D eigenvalue weighted by molar-refractivity contribution is 0.521. The molecule has 0 bridgehead atoms. The van der Waals surface area contributed by atoms with E-state index in [1.54, 1.807) is 24.3 Å². The van der Waals surface area contributed by atoms with Crippen LogP contribution in [-0.4, -0.2) is 30.2 Å². The molecule has 0 radical (unpaired) electrons. The zero-order valence-electron chi connectivity index (χ0n) is 10.9. The quantitative estimate of drug-likeness (QED) is 0.894. The lowest BCUT2D eigenvalue weighted by atomic mass is 10.2. The highest BCUT2D eigenvalue weighted by Gasteiger charge is 2.22. The second kappa shape index (κ2) is 6.48. The number of sulfonamides is 1. The molecule has 2 rings (SSSR count). The minimum absolute atomic E-state index is 0.0989. The molecule has 0 spiro atoms. The van der Waals surface area contributed by atoms with Gasteiger partial charge in [-0.05, 0) is 30.5 Å². The molecule has 1 N–H and O–H groups in total. The maximum absolute atomic E-state index is 12.1. The average molecular weight is 312 g/mol. The average Bonchev–Trinajstić information content (AvgIpc) is 2.41. The van der Waals surface area contributed by atoms with E-state index in [0.717, 1.165) is 0 Å². The Morgan fingerprint density at radius 2 is 1.85 bits per heavy atom. The standard InChI is InChI=1S/C13H16N2O3S2/c14-9-11-1-3-12(4-2-11)10-20(17,18)15-13-5-7-19(16)8-6-13/h1-4,13,15H,5-8,10H2. The summed E-state index contributed by atoms with van der Waals surface area (Å²) < 4.78 is 38.0. The van der Waals surface area contributed by atoms with Gasteiger partial charge in [0.2, 0.25) is 10.0 Å². The molecule has 1 aromatic rings. The molecule has 0 atom stereocenters. The number of rotatable bonds is 4. The minimum atomic E-state index is -3.40. The van der Waals surface area contributed by atoms with E-state index in [2.05, 4.69) is 4.72 Å². The predicted octanol–water partition coefficient (Wildman–Crippen LogP) is 0.889. The van der Waals surface area contributed by atoms with Crippen molar-refractivity contribution in [3.63, 3.8) is 0 Å². The van der Waals surface area contributed by atoms with Crippen LogP contribution in [0.3, 0.4) is 0 Å². The van der Waals surface area contributed by atoms with Crippen molar-refractivity contribution < 1.29 is 12.6 Å². The Labute approximate surface area is 121 Å². The molecular formula is C13H16N2O3S2. The number of nitrogens with zero attached hydrogens (tertiary/aromatic N) is 1. The van der Waals surface area contributed by atoms with Crippen LogP contribution in [0.5, 0.6) is 0 Å². The Hall–Kier alpha value is -1.23. The largest absolute Gasteiger partial charge is 0.260 e. The SMILES string of the molecule is N#Cc1ccc(CS(=O)(=O)NC2CCS(=O)CC2)cc1. The summed E-state index contributed by atoms with van der Waals surface area (Å²) in [5.41, 5.74) is 1.16. The molecule has 0 aromatic heterocycles. The maximum Gasteiger partial charge on any atom is 0.216 e. The van der Waals surface area contributed by atoms with Crippen LogP contribution in [0.4, 0.5) is 0 Å². The molecule has 0 amide bonds. The second-order valence-corrected chi connectivity index (χ2v) is 8.26. The third-order valence-electron chi connectivity index (χ3n) is 3.17. The third kappa shape index (κ3) is 4.40. The van der Waals surface area contributed by atoms with E-state index in [1.807, 2.05) is 6.07 Å². The molecule has 0 saturated carbocycles. The van der Waals surface area contributed by atoms with E-state index in [9.17, 15) is 12.6 Å². The number of hydrogen-bond donors (Lipinski definition) is 1. The molecule has 1 saturated heterocycles. The van der Waals surface area contributed by atoms with Crippen LogP contribution in [0.2, 0.25) is 0 Å². The lowest BCUT2D eigenvalue weighted by Gasteiger charge is -2.22. The molecule has 0 unspecified atom stereocenters. The maximum atomic E-state index is 12.1. The molecule has 1 fully saturated rings. The Bertz CT molecular complexity index is 623. The van der Waals surface area contributed by atoms with E-state index < -0.39 is 20.8 Å². The fraction of sp³-hybridized carbons (Fsp3) is 0.462. The van der Waals surface area contributed by atoms with Crippen molar-refractivity contribution in [1.29, 1.82) is 5.26 Å². The summed E-state index contributed by atoms with van der Waals surface area (Å²) >= 11 is 0. The van der Waals surface area contributed by atoms with Gasteiger partial charge in [-0.1, -0.05) is 12.1 Å². The van der Waals surface area contributed by atoms with Gasteiger partial charge in [0.05, 0.1) is 17.4 Å². The van der Waals surface area contributed by atoms with Crippen molar-refractivity contribution in [3.05, 3.63) is 35.4 Å². The van der Waals surface area contributed by atoms with Crippen LogP contribution in [0.1, 0.15) is 24.0 Å². The molecule has 5 nitrogen and oxygen atoms in total. The Morgan fingerprint density at radius 3 is 2.40 bits per heavy atom. The molecule has 7 heteroatoms. The van der Waals surface area contributed by atoms with Gasteiger partial charge in [0.15, 0.2) is 0 Å². The minimum Gasteiger partial charge on any atom is -0.260 e. The van der Waals surface area contributed by atoms with E-state index in [4.69, 9.17) is 5.26 Å². The molecule has 1 aliphatic heterocycles. The highest BCUT2D eigenvalue weighted by Crippen LogP contribution is 2.13. The lowest BCUT2D eigenvalue weighted by Crippen LogP contribution is -2.40. The summed E-state index contributed by atoms with van der Waals surface area (Å²) in [4.78, 5) is 0. The summed E-state index contributed by atoms with van der Waals surface area (Å²) in [7, 11) is -4.20. The van der Waals surface area contributed by atoms with Crippen LogP contribution in [0.25, 0.3) is 0 Å².